The number of benzene rings is 2. The molecule has 1 aliphatic rings. The fourth-order valence-corrected chi connectivity index (χ4v) is 3.63. The van der Waals surface area contributed by atoms with Gasteiger partial charge in [-0.15, -0.1) is 0 Å². The Balaban J connectivity index is 1.66. The molecule has 1 heterocycles. The van der Waals surface area contributed by atoms with Crippen LogP contribution in [0.4, 0.5) is 10.5 Å². The minimum absolute atomic E-state index is 0.113. The lowest BCUT2D eigenvalue weighted by Crippen LogP contribution is -2.30. The van der Waals surface area contributed by atoms with Gasteiger partial charge in [0.1, 0.15) is 12.3 Å². The first kappa shape index (κ1) is 18.4. The highest BCUT2D eigenvalue weighted by atomic mass is 79.9. The number of hydrogen-bond donors (Lipinski definition) is 2. The van der Waals surface area contributed by atoms with Crippen molar-refractivity contribution in [2.45, 2.75) is 13.3 Å². The molecule has 0 spiro atoms. The fraction of sp³-hybridized carbons (Fsp3) is 0.167. The number of aryl methyl sites for hydroxylation is 1. The van der Waals surface area contributed by atoms with Gasteiger partial charge in [-0.25, -0.2) is 10.2 Å². The van der Waals surface area contributed by atoms with Crippen molar-refractivity contribution < 1.29 is 14.3 Å². The predicted octanol–water partition coefficient (Wildman–Crippen LogP) is 4.04. The Morgan fingerprint density at radius 3 is 2.69 bits per heavy atom. The van der Waals surface area contributed by atoms with Crippen LogP contribution in [0.15, 0.2) is 46.0 Å². The molecule has 2 N–H and O–H groups in total. The SMILES string of the molecule is Cc1cc(Cl)cc(Br)c1CC(=O)Nc1ccc(C2=NNC(=O)OC2)cc1. The molecular formula is C18H15BrClN3O3. The summed E-state index contributed by atoms with van der Waals surface area (Å²) in [6.07, 6.45) is -0.334. The third kappa shape index (κ3) is 4.42. The summed E-state index contributed by atoms with van der Waals surface area (Å²) < 4.78 is 5.68. The first-order valence-corrected chi connectivity index (χ1v) is 8.93. The van der Waals surface area contributed by atoms with Crippen LogP contribution in [0, 0.1) is 6.92 Å². The number of anilines is 1. The number of amides is 2. The second-order valence-corrected chi connectivity index (χ2v) is 7.02. The van der Waals surface area contributed by atoms with Gasteiger partial charge >= 0.3 is 6.09 Å². The van der Waals surface area contributed by atoms with Gasteiger partial charge in [0.2, 0.25) is 5.91 Å². The van der Waals surface area contributed by atoms with E-state index in [2.05, 4.69) is 31.8 Å². The van der Waals surface area contributed by atoms with Crippen LogP contribution >= 0.6 is 27.5 Å². The summed E-state index contributed by atoms with van der Waals surface area (Å²) in [7, 11) is 0. The number of rotatable bonds is 4. The second-order valence-electron chi connectivity index (χ2n) is 5.73. The Morgan fingerprint density at radius 2 is 2.08 bits per heavy atom. The van der Waals surface area contributed by atoms with Crippen LogP contribution in [0.25, 0.3) is 0 Å². The summed E-state index contributed by atoms with van der Waals surface area (Å²) >= 11 is 9.45. The molecule has 0 aliphatic carbocycles. The average Bonchev–Trinajstić information content (AvgIpc) is 2.59. The van der Waals surface area contributed by atoms with E-state index in [9.17, 15) is 9.59 Å². The third-order valence-corrected chi connectivity index (χ3v) is 4.77. The van der Waals surface area contributed by atoms with Crippen LogP contribution in [0.3, 0.4) is 0 Å². The summed E-state index contributed by atoms with van der Waals surface area (Å²) in [4.78, 5) is 23.3. The lowest BCUT2D eigenvalue weighted by atomic mass is 10.1. The molecule has 1 aliphatic heterocycles. The first-order valence-electron chi connectivity index (χ1n) is 7.76. The smallest absolute Gasteiger partial charge is 0.428 e. The largest absolute Gasteiger partial charge is 0.442 e. The first-order chi connectivity index (χ1) is 12.4. The minimum atomic E-state index is -0.568. The van der Waals surface area contributed by atoms with Gasteiger partial charge in [-0.1, -0.05) is 39.7 Å². The molecule has 0 radical (unpaired) electrons. The van der Waals surface area contributed by atoms with E-state index >= 15 is 0 Å². The fourth-order valence-electron chi connectivity index (χ4n) is 2.53. The average molecular weight is 437 g/mol. The van der Waals surface area contributed by atoms with E-state index in [1.807, 2.05) is 13.0 Å². The second kappa shape index (κ2) is 7.88. The highest BCUT2D eigenvalue weighted by Gasteiger charge is 2.14. The van der Waals surface area contributed by atoms with Gasteiger partial charge in [0, 0.05) is 20.7 Å². The van der Waals surface area contributed by atoms with E-state index in [-0.39, 0.29) is 18.9 Å². The maximum absolute atomic E-state index is 12.3. The normalized spacial score (nSPS) is 13.5. The molecule has 134 valence electrons. The van der Waals surface area contributed by atoms with Crippen LogP contribution < -0.4 is 10.7 Å². The highest BCUT2D eigenvalue weighted by molar-refractivity contribution is 9.10. The molecule has 2 aromatic carbocycles. The van der Waals surface area contributed by atoms with Crippen molar-refractivity contribution in [3.63, 3.8) is 0 Å². The van der Waals surface area contributed by atoms with Crippen molar-refractivity contribution in [2.24, 2.45) is 5.10 Å². The van der Waals surface area contributed by atoms with Crippen molar-refractivity contribution in [2.75, 3.05) is 11.9 Å². The van der Waals surface area contributed by atoms with Gasteiger partial charge in [-0.3, -0.25) is 4.79 Å². The van der Waals surface area contributed by atoms with Crippen molar-refractivity contribution in [1.82, 2.24) is 5.43 Å². The van der Waals surface area contributed by atoms with Crippen molar-refractivity contribution in [3.05, 3.63) is 62.6 Å². The lowest BCUT2D eigenvalue weighted by Gasteiger charge is -2.14. The number of ether oxygens (including phenoxy) is 1. The van der Waals surface area contributed by atoms with E-state index in [0.29, 0.717) is 16.4 Å². The number of hydrazone groups is 1. The Hall–Kier alpha value is -2.38. The summed E-state index contributed by atoms with van der Waals surface area (Å²) in [5.41, 5.74) is 6.20. The Labute approximate surface area is 163 Å². The predicted molar refractivity (Wildman–Crippen MR) is 104 cm³/mol. The van der Waals surface area contributed by atoms with Crippen molar-refractivity contribution >= 4 is 50.9 Å². The number of nitrogens with zero attached hydrogens (tertiary/aromatic N) is 1. The molecule has 0 saturated carbocycles. The Bertz CT molecular complexity index is 874. The summed E-state index contributed by atoms with van der Waals surface area (Å²) in [5, 5.41) is 7.43. The zero-order chi connectivity index (χ0) is 18.7. The standard InChI is InChI=1S/C18H15BrClN3O3/c1-10-6-12(20)7-15(19)14(10)8-17(24)21-13-4-2-11(3-5-13)16-9-26-18(25)23-22-16/h2-7H,8-9H2,1H3,(H,21,24)(H,23,25). The molecule has 26 heavy (non-hydrogen) atoms. The molecule has 0 unspecified atom stereocenters. The van der Waals surface area contributed by atoms with Gasteiger partial charge in [-0.05, 0) is 42.3 Å². The Kier molecular flexibility index (Phi) is 5.58. The number of carbonyl (C=O) groups excluding carboxylic acids is 2. The topological polar surface area (TPSA) is 79.8 Å². The van der Waals surface area contributed by atoms with E-state index in [4.69, 9.17) is 16.3 Å². The van der Waals surface area contributed by atoms with Crippen LogP contribution in [-0.4, -0.2) is 24.3 Å². The number of cyclic esters (lactones) is 1. The van der Waals surface area contributed by atoms with E-state index in [1.54, 1.807) is 30.3 Å². The maximum Gasteiger partial charge on any atom is 0.428 e. The molecular weight excluding hydrogens is 422 g/mol. The zero-order valence-electron chi connectivity index (χ0n) is 13.8. The number of carbonyl (C=O) groups is 2. The van der Waals surface area contributed by atoms with Gasteiger partial charge < -0.3 is 10.1 Å². The zero-order valence-corrected chi connectivity index (χ0v) is 16.1. The molecule has 3 rings (SSSR count). The molecule has 0 bridgehead atoms. The van der Waals surface area contributed by atoms with Crippen LogP contribution in [0.2, 0.25) is 5.02 Å². The maximum atomic E-state index is 12.3. The third-order valence-electron chi connectivity index (χ3n) is 3.84. The summed E-state index contributed by atoms with van der Waals surface area (Å²) in [6.45, 7) is 2.03. The number of halogens is 2. The molecule has 0 atom stereocenters. The van der Waals surface area contributed by atoms with Gasteiger partial charge in [0.15, 0.2) is 0 Å². The van der Waals surface area contributed by atoms with Crippen molar-refractivity contribution in [1.29, 1.82) is 0 Å². The lowest BCUT2D eigenvalue weighted by molar-refractivity contribution is -0.115. The monoisotopic (exact) mass is 435 g/mol. The molecule has 0 aromatic heterocycles. The van der Waals surface area contributed by atoms with Gasteiger partial charge in [-0.2, -0.15) is 5.10 Å². The van der Waals surface area contributed by atoms with Crippen LogP contribution in [-0.2, 0) is 16.0 Å². The molecule has 2 amide bonds. The van der Waals surface area contributed by atoms with E-state index < -0.39 is 6.09 Å². The highest BCUT2D eigenvalue weighted by Crippen LogP contribution is 2.26. The van der Waals surface area contributed by atoms with E-state index in [1.165, 1.54) is 0 Å². The minimum Gasteiger partial charge on any atom is -0.442 e. The van der Waals surface area contributed by atoms with Crippen LogP contribution in [0.5, 0.6) is 0 Å². The quantitative estimate of drug-likeness (QED) is 0.759. The Morgan fingerprint density at radius 1 is 1.35 bits per heavy atom. The van der Waals surface area contributed by atoms with Gasteiger partial charge in [0.25, 0.3) is 0 Å². The van der Waals surface area contributed by atoms with E-state index in [0.717, 1.165) is 21.2 Å². The molecule has 0 fully saturated rings. The van der Waals surface area contributed by atoms with Crippen LogP contribution in [0.1, 0.15) is 16.7 Å². The number of nitrogens with one attached hydrogen (secondary N) is 2. The molecule has 6 nitrogen and oxygen atoms in total. The summed E-state index contributed by atoms with van der Waals surface area (Å²) in [5.74, 6) is -0.130. The van der Waals surface area contributed by atoms with Crippen molar-refractivity contribution in [3.8, 4) is 0 Å². The number of hydrogen-bond acceptors (Lipinski definition) is 4. The van der Waals surface area contributed by atoms with Gasteiger partial charge in [0.05, 0.1) is 6.42 Å². The molecule has 0 saturated heterocycles. The summed E-state index contributed by atoms with van der Waals surface area (Å²) in [6, 6.07) is 10.8. The molecule has 2 aromatic rings. The molecule has 8 heteroatoms.